The van der Waals surface area contributed by atoms with Crippen molar-refractivity contribution < 1.29 is 13.2 Å². The van der Waals surface area contributed by atoms with E-state index in [0.717, 1.165) is 29.7 Å². The number of amides is 1. The maximum atomic E-state index is 12.6. The highest BCUT2D eigenvalue weighted by Crippen LogP contribution is 2.35. The van der Waals surface area contributed by atoms with Crippen LogP contribution in [0, 0.1) is 0 Å². The Hall–Kier alpha value is -2.71. The minimum atomic E-state index is -3.48. The number of nitrogens with zero attached hydrogens (tertiary/aromatic N) is 2. The average molecular weight is 425 g/mol. The van der Waals surface area contributed by atoms with Crippen molar-refractivity contribution >= 4 is 32.7 Å². The lowest BCUT2D eigenvalue weighted by Crippen LogP contribution is -2.27. The number of benzene rings is 2. The zero-order valence-electron chi connectivity index (χ0n) is 16.6. The summed E-state index contributed by atoms with van der Waals surface area (Å²) < 4.78 is 26.7. The number of imidazole rings is 1. The molecule has 3 aromatic rings. The van der Waals surface area contributed by atoms with Crippen LogP contribution in [0.15, 0.2) is 47.4 Å². The maximum Gasteiger partial charge on any atom is 0.255 e. The number of aromatic amines is 1. The van der Waals surface area contributed by atoms with Crippen molar-refractivity contribution in [3.8, 4) is 0 Å². The number of carbonyl (C=O) groups excluding carboxylic acids is 1. The summed E-state index contributed by atoms with van der Waals surface area (Å²) in [6.45, 7) is 1.12. The molecule has 0 atom stereocenters. The molecule has 2 aliphatic rings. The molecule has 1 saturated carbocycles. The molecule has 0 radical (unpaired) electrons. The van der Waals surface area contributed by atoms with Crippen molar-refractivity contribution in [3.63, 3.8) is 0 Å². The zero-order chi connectivity index (χ0) is 20.7. The van der Waals surface area contributed by atoms with Gasteiger partial charge in [-0.15, -0.1) is 0 Å². The second-order valence-electron chi connectivity index (χ2n) is 8.07. The predicted octanol–water partition coefficient (Wildman–Crippen LogP) is 3.87. The van der Waals surface area contributed by atoms with Crippen molar-refractivity contribution in [2.24, 2.45) is 0 Å². The average Bonchev–Trinajstić information content (AvgIpc) is 3.36. The summed E-state index contributed by atoms with van der Waals surface area (Å²) in [4.78, 5) is 20.9. The van der Waals surface area contributed by atoms with Crippen LogP contribution >= 0.6 is 0 Å². The maximum absolute atomic E-state index is 12.6. The van der Waals surface area contributed by atoms with Gasteiger partial charge in [-0.3, -0.25) is 4.79 Å². The molecule has 2 fully saturated rings. The number of sulfonamides is 1. The number of carbonyl (C=O) groups is 1. The summed E-state index contributed by atoms with van der Waals surface area (Å²) in [7, 11) is -3.48. The van der Waals surface area contributed by atoms with Gasteiger partial charge >= 0.3 is 0 Å². The van der Waals surface area contributed by atoms with Crippen LogP contribution in [0.25, 0.3) is 11.0 Å². The quantitative estimate of drug-likeness (QED) is 0.650. The molecular weight excluding hydrogens is 400 g/mol. The van der Waals surface area contributed by atoms with E-state index in [1.165, 1.54) is 35.7 Å². The highest BCUT2D eigenvalue weighted by Gasteiger charge is 2.27. The van der Waals surface area contributed by atoms with Crippen LogP contribution in [0.4, 0.5) is 5.69 Å². The third-order valence-corrected chi connectivity index (χ3v) is 7.98. The van der Waals surface area contributed by atoms with Crippen molar-refractivity contribution in [3.05, 3.63) is 53.9 Å². The number of aromatic nitrogens is 2. The molecule has 1 aliphatic heterocycles. The van der Waals surface area contributed by atoms with E-state index in [0.29, 0.717) is 30.3 Å². The molecule has 0 spiro atoms. The van der Waals surface area contributed by atoms with Crippen LogP contribution in [0.5, 0.6) is 0 Å². The topological polar surface area (TPSA) is 95.2 Å². The first-order valence-corrected chi connectivity index (χ1v) is 11.9. The first-order chi connectivity index (χ1) is 14.5. The molecule has 2 aromatic carbocycles. The summed E-state index contributed by atoms with van der Waals surface area (Å²) in [5.74, 6) is 1.26. The number of hydrogen-bond donors (Lipinski definition) is 2. The van der Waals surface area contributed by atoms with Gasteiger partial charge in [0.15, 0.2) is 0 Å². The van der Waals surface area contributed by atoms with E-state index in [2.05, 4.69) is 15.3 Å². The minimum Gasteiger partial charge on any atom is -0.342 e. The van der Waals surface area contributed by atoms with E-state index >= 15 is 0 Å². The Morgan fingerprint density at radius 1 is 1.03 bits per heavy atom. The van der Waals surface area contributed by atoms with E-state index in [9.17, 15) is 13.2 Å². The largest absolute Gasteiger partial charge is 0.342 e. The Bertz CT molecular complexity index is 1190. The van der Waals surface area contributed by atoms with Gasteiger partial charge in [0.1, 0.15) is 5.82 Å². The summed E-state index contributed by atoms with van der Waals surface area (Å²) in [5, 5.41) is 2.88. The van der Waals surface area contributed by atoms with E-state index in [1.54, 1.807) is 12.1 Å². The molecule has 156 valence electrons. The van der Waals surface area contributed by atoms with Gasteiger partial charge in [-0.05, 0) is 68.1 Å². The molecule has 8 heteroatoms. The molecule has 1 saturated heterocycles. The second-order valence-corrected chi connectivity index (χ2v) is 10.0. The molecule has 1 amide bonds. The van der Waals surface area contributed by atoms with Gasteiger partial charge in [0, 0.05) is 30.3 Å². The van der Waals surface area contributed by atoms with E-state index in [-0.39, 0.29) is 10.8 Å². The smallest absolute Gasteiger partial charge is 0.255 e. The van der Waals surface area contributed by atoms with Crippen LogP contribution in [-0.4, -0.2) is 41.7 Å². The van der Waals surface area contributed by atoms with Crippen molar-refractivity contribution in [1.29, 1.82) is 0 Å². The highest BCUT2D eigenvalue weighted by molar-refractivity contribution is 7.89. The summed E-state index contributed by atoms with van der Waals surface area (Å²) in [6, 6.07) is 11.7. The van der Waals surface area contributed by atoms with Crippen LogP contribution < -0.4 is 5.32 Å². The van der Waals surface area contributed by atoms with Gasteiger partial charge < -0.3 is 10.3 Å². The van der Waals surface area contributed by atoms with Crippen LogP contribution in [0.1, 0.15) is 54.2 Å². The third-order valence-electron chi connectivity index (χ3n) is 6.07. The predicted molar refractivity (Wildman–Crippen MR) is 115 cm³/mol. The van der Waals surface area contributed by atoms with Gasteiger partial charge in [0.25, 0.3) is 5.91 Å². The zero-order valence-corrected chi connectivity index (χ0v) is 17.4. The standard InChI is InChI=1S/C22H24N4O3S/c27-22(16-6-9-18(10-7-16)30(28,29)26-12-1-2-13-26)23-17-8-11-19-20(14-17)25-21(24-19)15-4-3-5-15/h6-11,14-15H,1-5,12-13H2,(H,23,27)(H,24,25). The molecule has 0 unspecified atom stereocenters. The number of anilines is 1. The van der Waals surface area contributed by atoms with Gasteiger partial charge in [-0.25, -0.2) is 13.4 Å². The van der Waals surface area contributed by atoms with Crippen molar-refractivity contribution in [2.45, 2.75) is 42.9 Å². The fraction of sp³-hybridized carbons (Fsp3) is 0.364. The lowest BCUT2D eigenvalue weighted by atomic mass is 9.85. The Labute approximate surface area is 175 Å². The summed E-state index contributed by atoms with van der Waals surface area (Å²) >= 11 is 0. The van der Waals surface area contributed by atoms with Gasteiger partial charge in [-0.2, -0.15) is 4.31 Å². The fourth-order valence-electron chi connectivity index (χ4n) is 4.04. The second kappa shape index (κ2) is 7.52. The van der Waals surface area contributed by atoms with Crippen LogP contribution in [-0.2, 0) is 10.0 Å². The molecule has 1 aliphatic carbocycles. The van der Waals surface area contributed by atoms with Gasteiger partial charge in [-0.1, -0.05) is 6.42 Å². The first-order valence-electron chi connectivity index (χ1n) is 10.4. The highest BCUT2D eigenvalue weighted by atomic mass is 32.2. The number of rotatable bonds is 5. The molecule has 30 heavy (non-hydrogen) atoms. The SMILES string of the molecule is O=C(Nc1ccc2nc(C3CCC3)[nH]c2c1)c1ccc(S(=O)(=O)N2CCCC2)cc1. The Kier molecular flexibility index (Phi) is 4.83. The summed E-state index contributed by atoms with van der Waals surface area (Å²) in [6.07, 6.45) is 5.38. The number of H-pyrrole nitrogens is 1. The van der Waals surface area contributed by atoms with Crippen LogP contribution in [0.3, 0.4) is 0 Å². The number of nitrogens with one attached hydrogen (secondary N) is 2. The molecule has 1 aromatic heterocycles. The first kappa shape index (κ1) is 19.3. The lowest BCUT2D eigenvalue weighted by molar-refractivity contribution is 0.102. The molecule has 0 bridgehead atoms. The van der Waals surface area contributed by atoms with Gasteiger partial charge in [0.05, 0.1) is 15.9 Å². The van der Waals surface area contributed by atoms with Crippen molar-refractivity contribution in [2.75, 3.05) is 18.4 Å². The normalized spacial score (nSPS) is 17.9. The molecule has 2 heterocycles. The molecule has 7 nitrogen and oxygen atoms in total. The Morgan fingerprint density at radius 2 is 1.77 bits per heavy atom. The summed E-state index contributed by atoms with van der Waals surface area (Å²) in [5.41, 5.74) is 2.88. The number of hydrogen-bond acceptors (Lipinski definition) is 4. The monoisotopic (exact) mass is 424 g/mol. The lowest BCUT2D eigenvalue weighted by Gasteiger charge is -2.22. The van der Waals surface area contributed by atoms with Crippen LogP contribution in [0.2, 0.25) is 0 Å². The molecular formula is C22H24N4O3S. The van der Waals surface area contributed by atoms with E-state index in [1.807, 2.05) is 18.2 Å². The van der Waals surface area contributed by atoms with E-state index in [4.69, 9.17) is 0 Å². The number of fused-ring (bicyclic) bond motifs is 1. The fourth-order valence-corrected chi connectivity index (χ4v) is 5.56. The third kappa shape index (κ3) is 3.50. The van der Waals surface area contributed by atoms with Crippen molar-refractivity contribution in [1.82, 2.24) is 14.3 Å². The minimum absolute atomic E-state index is 0.225. The molecule has 2 N–H and O–H groups in total. The Balaban J connectivity index is 1.31. The molecule has 5 rings (SSSR count). The Morgan fingerprint density at radius 3 is 2.43 bits per heavy atom. The van der Waals surface area contributed by atoms with Gasteiger partial charge in [0.2, 0.25) is 10.0 Å². The van der Waals surface area contributed by atoms with E-state index < -0.39 is 10.0 Å².